The van der Waals surface area contributed by atoms with Crippen molar-refractivity contribution in [2.24, 2.45) is 0 Å². The van der Waals surface area contributed by atoms with Crippen LogP contribution in [0, 0.1) is 0 Å². The lowest BCUT2D eigenvalue weighted by atomic mass is 9.91. The van der Waals surface area contributed by atoms with Crippen LogP contribution in [0.15, 0.2) is 41.5 Å². The average molecular weight is 494 g/mol. The lowest BCUT2D eigenvalue weighted by molar-refractivity contribution is 0.000338. The van der Waals surface area contributed by atoms with Crippen LogP contribution in [-0.2, 0) is 11.3 Å². The standard InChI is InChI=1S/C25H27N5O6/c1-33-17-12-19-18(26-14-17)2-3-23(31)29(19)9-8-28-6-4-25(5-7-28)16-30(24(32)36-25)22-13-20-21(15-27-22)35-11-10-34-20/h2-3,12-15H,4-11,16H2,1H3. The van der Waals surface area contributed by atoms with Gasteiger partial charge < -0.3 is 28.4 Å². The second-order valence-corrected chi connectivity index (χ2v) is 9.27. The van der Waals surface area contributed by atoms with Crippen LogP contribution < -0.4 is 24.7 Å². The van der Waals surface area contributed by atoms with Crippen molar-refractivity contribution in [1.29, 1.82) is 0 Å². The molecule has 3 aliphatic heterocycles. The first-order valence-electron chi connectivity index (χ1n) is 12.1. The third kappa shape index (κ3) is 4.09. The van der Waals surface area contributed by atoms with Gasteiger partial charge in [0, 0.05) is 57.2 Å². The SMILES string of the molecule is COc1cnc2ccc(=O)n(CCN3CCC4(CC3)CN(c3cc5c(cn3)OCCO5)C(=O)O4)c2c1. The molecule has 2 fully saturated rings. The Labute approximate surface area is 207 Å². The second kappa shape index (κ2) is 8.98. The summed E-state index contributed by atoms with van der Waals surface area (Å²) in [4.78, 5) is 38.0. The molecule has 1 spiro atoms. The van der Waals surface area contributed by atoms with Crippen LogP contribution in [0.4, 0.5) is 10.6 Å². The van der Waals surface area contributed by atoms with Crippen molar-refractivity contribution in [3.8, 4) is 17.2 Å². The van der Waals surface area contributed by atoms with E-state index in [1.165, 1.54) is 0 Å². The highest BCUT2D eigenvalue weighted by atomic mass is 16.6. The molecule has 0 bridgehead atoms. The van der Waals surface area contributed by atoms with Gasteiger partial charge in [0.05, 0.1) is 37.1 Å². The maximum Gasteiger partial charge on any atom is 0.416 e. The maximum atomic E-state index is 12.7. The van der Waals surface area contributed by atoms with Crippen LogP contribution >= 0.6 is 0 Å². The zero-order valence-electron chi connectivity index (χ0n) is 20.0. The van der Waals surface area contributed by atoms with Crippen LogP contribution in [0.25, 0.3) is 11.0 Å². The molecule has 11 nitrogen and oxygen atoms in total. The number of hydrogen-bond acceptors (Lipinski definition) is 9. The zero-order chi connectivity index (χ0) is 24.7. The topological polar surface area (TPSA) is 108 Å². The van der Waals surface area contributed by atoms with E-state index in [9.17, 15) is 9.59 Å². The van der Waals surface area contributed by atoms with E-state index in [0.717, 1.165) is 24.1 Å². The number of aromatic nitrogens is 3. The molecular weight excluding hydrogens is 466 g/mol. The molecular formula is C25H27N5O6. The molecule has 11 heteroatoms. The highest BCUT2D eigenvalue weighted by Gasteiger charge is 2.48. The number of hydrogen-bond donors (Lipinski definition) is 0. The second-order valence-electron chi connectivity index (χ2n) is 9.27. The number of likely N-dealkylation sites (tertiary alicyclic amines) is 1. The van der Waals surface area contributed by atoms with Crippen LogP contribution in [0.1, 0.15) is 12.8 Å². The quantitative estimate of drug-likeness (QED) is 0.528. The number of carbonyl (C=O) groups excluding carboxylic acids is 1. The molecule has 0 atom stereocenters. The molecule has 0 radical (unpaired) electrons. The molecule has 0 N–H and O–H groups in total. The maximum absolute atomic E-state index is 12.7. The summed E-state index contributed by atoms with van der Waals surface area (Å²) < 4.78 is 24.1. The Morgan fingerprint density at radius 3 is 2.61 bits per heavy atom. The minimum Gasteiger partial charge on any atom is -0.495 e. The fourth-order valence-corrected chi connectivity index (χ4v) is 5.06. The predicted molar refractivity (Wildman–Crippen MR) is 130 cm³/mol. The number of methoxy groups -OCH3 is 1. The minimum atomic E-state index is -0.546. The van der Waals surface area contributed by atoms with Gasteiger partial charge in [-0.2, -0.15) is 0 Å². The summed E-state index contributed by atoms with van der Waals surface area (Å²) in [6.07, 6.45) is 4.26. The van der Waals surface area contributed by atoms with E-state index in [1.54, 1.807) is 47.2 Å². The van der Waals surface area contributed by atoms with E-state index in [0.29, 0.717) is 68.8 Å². The molecule has 6 heterocycles. The molecule has 6 rings (SSSR count). The molecule has 0 saturated carbocycles. The molecule has 0 aromatic carbocycles. The van der Waals surface area contributed by atoms with Gasteiger partial charge in [0.15, 0.2) is 11.5 Å². The fourth-order valence-electron chi connectivity index (χ4n) is 5.06. The lowest BCUT2D eigenvalue weighted by Gasteiger charge is -2.37. The van der Waals surface area contributed by atoms with Crippen LogP contribution in [0.2, 0.25) is 0 Å². The largest absolute Gasteiger partial charge is 0.495 e. The van der Waals surface area contributed by atoms with E-state index >= 15 is 0 Å². The van der Waals surface area contributed by atoms with Gasteiger partial charge in [-0.3, -0.25) is 14.7 Å². The molecule has 3 aromatic heterocycles. The highest BCUT2D eigenvalue weighted by Crippen LogP contribution is 2.38. The Bertz CT molecular complexity index is 1370. The summed E-state index contributed by atoms with van der Waals surface area (Å²) in [6.45, 7) is 4.15. The summed E-state index contributed by atoms with van der Waals surface area (Å²) >= 11 is 0. The zero-order valence-corrected chi connectivity index (χ0v) is 20.0. The molecule has 2 saturated heterocycles. The van der Waals surface area contributed by atoms with Gasteiger partial charge in [-0.25, -0.2) is 9.78 Å². The number of rotatable bonds is 5. The summed E-state index contributed by atoms with van der Waals surface area (Å²) in [7, 11) is 1.58. The van der Waals surface area contributed by atoms with Gasteiger partial charge in [0.25, 0.3) is 5.56 Å². The van der Waals surface area contributed by atoms with Crippen LogP contribution in [0.5, 0.6) is 17.2 Å². The van der Waals surface area contributed by atoms with Crippen molar-refractivity contribution in [3.63, 3.8) is 0 Å². The van der Waals surface area contributed by atoms with Crippen LogP contribution in [0.3, 0.4) is 0 Å². The lowest BCUT2D eigenvalue weighted by Crippen LogP contribution is -2.47. The predicted octanol–water partition coefficient (Wildman–Crippen LogP) is 2.06. The molecule has 188 valence electrons. The third-order valence-electron chi connectivity index (χ3n) is 7.12. The Morgan fingerprint density at radius 1 is 1.00 bits per heavy atom. The number of fused-ring (bicyclic) bond motifs is 2. The molecule has 36 heavy (non-hydrogen) atoms. The first-order valence-corrected chi connectivity index (χ1v) is 12.1. The summed E-state index contributed by atoms with van der Waals surface area (Å²) in [5, 5.41) is 0. The van der Waals surface area contributed by atoms with Gasteiger partial charge >= 0.3 is 6.09 Å². The molecule has 1 amide bonds. The van der Waals surface area contributed by atoms with Crippen LogP contribution in [-0.4, -0.2) is 77.6 Å². The smallest absolute Gasteiger partial charge is 0.416 e. The fraction of sp³-hybridized carbons (Fsp3) is 0.440. The van der Waals surface area contributed by atoms with Gasteiger partial charge in [0.1, 0.15) is 30.4 Å². The number of carbonyl (C=O) groups is 1. The number of amides is 1. The summed E-state index contributed by atoms with van der Waals surface area (Å²) in [5.74, 6) is 2.29. The monoisotopic (exact) mass is 493 g/mol. The normalized spacial score (nSPS) is 19.0. The summed E-state index contributed by atoms with van der Waals surface area (Å²) in [6, 6.07) is 6.85. The number of ether oxygens (including phenoxy) is 4. The van der Waals surface area contributed by atoms with Gasteiger partial charge in [-0.05, 0) is 6.07 Å². The van der Waals surface area contributed by atoms with Crippen molar-refractivity contribution in [3.05, 3.63) is 47.0 Å². The number of anilines is 1. The van der Waals surface area contributed by atoms with E-state index in [-0.39, 0.29) is 5.56 Å². The van der Waals surface area contributed by atoms with Gasteiger partial charge in [-0.1, -0.05) is 0 Å². The number of piperidine rings is 1. The Balaban J connectivity index is 1.11. The molecule has 3 aromatic rings. The third-order valence-corrected chi connectivity index (χ3v) is 7.12. The number of pyridine rings is 3. The molecule has 0 unspecified atom stereocenters. The average Bonchev–Trinajstić information content (AvgIpc) is 3.23. The van der Waals surface area contributed by atoms with Crippen molar-refractivity contribution in [2.75, 3.05) is 51.4 Å². The minimum absolute atomic E-state index is 0.0710. The molecule has 3 aliphatic rings. The Morgan fingerprint density at radius 2 is 1.81 bits per heavy atom. The van der Waals surface area contributed by atoms with E-state index < -0.39 is 11.7 Å². The summed E-state index contributed by atoms with van der Waals surface area (Å²) in [5.41, 5.74) is 0.885. The van der Waals surface area contributed by atoms with Crippen molar-refractivity contribution < 1.29 is 23.7 Å². The Hall–Kier alpha value is -3.86. The van der Waals surface area contributed by atoms with Gasteiger partial charge in [-0.15, -0.1) is 0 Å². The van der Waals surface area contributed by atoms with Crippen molar-refractivity contribution in [2.45, 2.75) is 25.0 Å². The first kappa shape index (κ1) is 22.6. The first-order chi connectivity index (χ1) is 17.5. The van der Waals surface area contributed by atoms with E-state index in [1.807, 2.05) is 6.07 Å². The Kier molecular flexibility index (Phi) is 5.63. The highest BCUT2D eigenvalue weighted by molar-refractivity contribution is 5.89. The molecule has 0 aliphatic carbocycles. The van der Waals surface area contributed by atoms with Crippen molar-refractivity contribution in [1.82, 2.24) is 19.4 Å². The van der Waals surface area contributed by atoms with Gasteiger partial charge in [0.2, 0.25) is 0 Å². The van der Waals surface area contributed by atoms with E-state index in [4.69, 9.17) is 18.9 Å². The van der Waals surface area contributed by atoms with Crippen molar-refractivity contribution >= 4 is 22.9 Å². The number of nitrogens with zero attached hydrogens (tertiary/aromatic N) is 5. The van der Waals surface area contributed by atoms with E-state index in [2.05, 4.69) is 14.9 Å².